The molecule has 0 aliphatic rings. The Balaban J connectivity index is 1.17. The summed E-state index contributed by atoms with van der Waals surface area (Å²) in [6.45, 7) is 12.1. The summed E-state index contributed by atoms with van der Waals surface area (Å²) in [5, 5.41) is 7.15. The maximum atomic E-state index is 15.4. The SMILES string of the molecule is CCN(CC)c1ccc2cc(NC(=O)C(c3cccc(C(C(=O)Nc4cc5ccc(N(CC)CC)cc5oc4=O)N(Cc4ccccn4)Cc4ccccn4)c3)N(Cc3ccccn3)Cc3ccccn3)c(=O)oc2c1. The van der Waals surface area contributed by atoms with Gasteiger partial charge in [-0.25, -0.2) is 9.59 Å². The van der Waals surface area contributed by atoms with Crippen LogP contribution in [0.1, 0.15) is 73.7 Å². The molecule has 0 spiro atoms. The molecule has 0 bridgehead atoms. The first-order valence-electron chi connectivity index (χ1n) is 25.6. The fraction of sp³-hybridized carbons (Fsp3) is 0.233. The number of aromatic nitrogens is 4. The second-order valence-electron chi connectivity index (χ2n) is 18.2. The highest BCUT2D eigenvalue weighted by Gasteiger charge is 2.34. The number of nitrogens with one attached hydrogen (secondary N) is 2. The number of fused-ring (bicyclic) bond motifs is 2. The van der Waals surface area contributed by atoms with E-state index in [9.17, 15) is 9.59 Å². The number of benzene rings is 3. The smallest absolute Gasteiger partial charge is 0.360 e. The van der Waals surface area contributed by atoms with Crippen LogP contribution in [-0.4, -0.2) is 67.7 Å². The topological polar surface area (TPSA) is 183 Å². The van der Waals surface area contributed by atoms with Gasteiger partial charge < -0.3 is 29.3 Å². The Morgan fingerprint density at radius 3 is 1.12 bits per heavy atom. The second kappa shape index (κ2) is 24.4. The summed E-state index contributed by atoms with van der Waals surface area (Å²) in [6.07, 6.45) is 6.76. The zero-order valence-corrected chi connectivity index (χ0v) is 43.0. The van der Waals surface area contributed by atoms with Crippen molar-refractivity contribution in [2.75, 3.05) is 46.6 Å². The molecule has 0 aliphatic heterocycles. The predicted octanol–water partition coefficient (Wildman–Crippen LogP) is 9.94. The molecule has 386 valence electrons. The van der Waals surface area contributed by atoms with Crippen molar-refractivity contribution in [1.82, 2.24) is 29.7 Å². The number of nitrogens with zero attached hydrogens (tertiary/aromatic N) is 8. The highest BCUT2D eigenvalue weighted by atomic mass is 16.4. The van der Waals surface area contributed by atoms with E-state index in [4.69, 9.17) is 8.83 Å². The van der Waals surface area contributed by atoms with E-state index in [-0.39, 0.29) is 37.6 Å². The van der Waals surface area contributed by atoms with E-state index in [1.54, 1.807) is 43.0 Å². The molecule has 0 saturated heterocycles. The summed E-state index contributed by atoms with van der Waals surface area (Å²) >= 11 is 0. The van der Waals surface area contributed by atoms with Gasteiger partial charge in [-0.1, -0.05) is 48.5 Å². The Morgan fingerprint density at radius 2 is 0.803 bits per heavy atom. The number of rotatable bonds is 22. The van der Waals surface area contributed by atoms with E-state index in [1.165, 1.54) is 0 Å². The van der Waals surface area contributed by atoms with Crippen LogP contribution in [-0.2, 0) is 35.8 Å². The number of pyridine rings is 4. The molecule has 6 aromatic heterocycles. The molecule has 3 aromatic carbocycles. The van der Waals surface area contributed by atoms with Gasteiger partial charge in [0.25, 0.3) is 0 Å². The quantitative estimate of drug-likeness (QED) is 0.0612. The van der Waals surface area contributed by atoms with Crippen molar-refractivity contribution in [3.05, 3.63) is 225 Å². The molecule has 2 amide bonds. The van der Waals surface area contributed by atoms with E-state index < -0.39 is 35.1 Å². The number of amides is 2. The minimum absolute atomic E-state index is 0.0440. The van der Waals surface area contributed by atoms with Crippen LogP contribution < -0.4 is 31.7 Å². The van der Waals surface area contributed by atoms with Crippen molar-refractivity contribution < 1.29 is 18.4 Å². The van der Waals surface area contributed by atoms with E-state index in [0.29, 0.717) is 55.8 Å². The van der Waals surface area contributed by atoms with Gasteiger partial charge in [-0.05, 0) is 124 Å². The lowest BCUT2D eigenvalue weighted by Gasteiger charge is -2.33. The van der Waals surface area contributed by atoms with Crippen LogP contribution in [0.3, 0.4) is 0 Å². The maximum Gasteiger partial charge on any atom is 0.360 e. The third-order valence-corrected chi connectivity index (χ3v) is 13.3. The summed E-state index contributed by atoms with van der Waals surface area (Å²) in [6, 6.07) is 41.9. The Labute approximate surface area is 440 Å². The summed E-state index contributed by atoms with van der Waals surface area (Å²) in [4.78, 5) is 85.4. The first kappa shape index (κ1) is 52.0. The van der Waals surface area contributed by atoms with Crippen LogP contribution in [0.15, 0.2) is 189 Å². The Hall–Kier alpha value is -8.86. The Kier molecular flexibility index (Phi) is 16.7. The van der Waals surface area contributed by atoms with Crippen LogP contribution in [0.25, 0.3) is 21.9 Å². The molecule has 0 fully saturated rings. The largest absolute Gasteiger partial charge is 0.421 e. The molecule has 9 rings (SSSR count). The van der Waals surface area contributed by atoms with Gasteiger partial charge in [0, 0.05) is 111 Å². The maximum absolute atomic E-state index is 15.4. The highest BCUT2D eigenvalue weighted by Crippen LogP contribution is 2.33. The fourth-order valence-electron chi connectivity index (χ4n) is 9.58. The van der Waals surface area contributed by atoms with Gasteiger partial charge in [0.15, 0.2) is 0 Å². The van der Waals surface area contributed by atoms with E-state index in [2.05, 4.69) is 68.1 Å². The van der Waals surface area contributed by atoms with Gasteiger partial charge in [-0.2, -0.15) is 0 Å². The van der Waals surface area contributed by atoms with Gasteiger partial charge in [0.05, 0.1) is 22.8 Å². The van der Waals surface area contributed by atoms with Crippen LogP contribution >= 0.6 is 0 Å². The van der Waals surface area contributed by atoms with Crippen molar-refractivity contribution >= 4 is 56.5 Å². The van der Waals surface area contributed by atoms with Crippen molar-refractivity contribution in [3.8, 4) is 0 Å². The fourth-order valence-corrected chi connectivity index (χ4v) is 9.58. The molecular weight excluding hydrogens is 957 g/mol. The zero-order chi connectivity index (χ0) is 53.0. The molecule has 2 N–H and O–H groups in total. The third kappa shape index (κ3) is 12.4. The molecule has 2 atom stereocenters. The van der Waals surface area contributed by atoms with E-state index >= 15 is 9.59 Å². The van der Waals surface area contributed by atoms with E-state index in [1.807, 2.05) is 137 Å². The van der Waals surface area contributed by atoms with Gasteiger partial charge in [-0.15, -0.1) is 0 Å². The molecule has 0 saturated carbocycles. The average molecular weight is 1020 g/mol. The lowest BCUT2D eigenvalue weighted by atomic mass is 9.96. The van der Waals surface area contributed by atoms with Crippen molar-refractivity contribution in [3.63, 3.8) is 0 Å². The standard InChI is InChI=1S/C60H60N10O6/c1-5-67(6-2)49-26-24-41-33-51(59(73)75-53(41)35-49)65-57(71)55(69(37-45-20-9-13-28-61-45)38-46-21-10-14-29-62-46)43-18-17-19-44(32-43)56(70(39-47-22-11-15-30-63-47)40-48-23-12-16-31-64-48)58(72)66-52-34-42-25-27-50(68(7-3)8-4)36-54(42)76-60(52)74/h9-36,55-56H,5-8,37-40H2,1-4H3,(H,65,71)(H,66,72). The first-order chi connectivity index (χ1) is 37.1. The predicted molar refractivity (Wildman–Crippen MR) is 297 cm³/mol. The Bertz CT molecular complexity index is 3210. The van der Waals surface area contributed by atoms with Crippen molar-refractivity contribution in [1.29, 1.82) is 0 Å². The monoisotopic (exact) mass is 1020 g/mol. The molecule has 2 unspecified atom stereocenters. The van der Waals surface area contributed by atoms with Crippen molar-refractivity contribution in [2.45, 2.75) is 66.0 Å². The number of hydrogen-bond acceptors (Lipinski definition) is 14. The number of anilines is 4. The summed E-state index contributed by atoms with van der Waals surface area (Å²) in [5.74, 6) is -1.10. The minimum Gasteiger partial charge on any atom is -0.421 e. The first-order valence-corrected chi connectivity index (χ1v) is 25.6. The molecule has 16 heteroatoms. The zero-order valence-electron chi connectivity index (χ0n) is 43.0. The molecule has 16 nitrogen and oxygen atoms in total. The normalized spacial score (nSPS) is 12.2. The molecular formula is C60H60N10O6. The van der Waals surface area contributed by atoms with Crippen molar-refractivity contribution in [2.24, 2.45) is 0 Å². The van der Waals surface area contributed by atoms with Crippen LogP contribution in [0.5, 0.6) is 0 Å². The number of hydrogen-bond donors (Lipinski definition) is 2. The molecule has 6 heterocycles. The Morgan fingerprint density at radius 1 is 0.447 bits per heavy atom. The third-order valence-electron chi connectivity index (χ3n) is 13.3. The second-order valence-corrected chi connectivity index (χ2v) is 18.2. The summed E-state index contributed by atoms with van der Waals surface area (Å²) < 4.78 is 11.8. The van der Waals surface area contributed by atoms with Gasteiger partial charge >= 0.3 is 11.3 Å². The number of carbonyl (C=O) groups is 2. The average Bonchev–Trinajstić information content (AvgIpc) is 3.45. The number of carbonyl (C=O) groups excluding carboxylic acids is 2. The van der Waals surface area contributed by atoms with Crippen LogP contribution in [0.2, 0.25) is 0 Å². The highest BCUT2D eigenvalue weighted by molar-refractivity contribution is 5.98. The van der Waals surface area contributed by atoms with Crippen LogP contribution in [0.4, 0.5) is 22.7 Å². The lowest BCUT2D eigenvalue weighted by Crippen LogP contribution is -2.39. The lowest BCUT2D eigenvalue weighted by molar-refractivity contribution is -0.122. The van der Waals surface area contributed by atoms with Crippen LogP contribution in [0, 0.1) is 0 Å². The molecule has 9 aromatic rings. The summed E-state index contributed by atoms with van der Waals surface area (Å²) in [5.41, 5.74) is 4.74. The molecule has 0 radical (unpaired) electrons. The minimum atomic E-state index is -1.12. The molecule has 0 aliphatic carbocycles. The molecule has 76 heavy (non-hydrogen) atoms. The van der Waals surface area contributed by atoms with Gasteiger partial charge in [0.2, 0.25) is 11.8 Å². The van der Waals surface area contributed by atoms with Gasteiger partial charge in [-0.3, -0.25) is 39.3 Å². The summed E-state index contributed by atoms with van der Waals surface area (Å²) in [7, 11) is 0. The van der Waals surface area contributed by atoms with Gasteiger partial charge in [0.1, 0.15) is 34.6 Å². The van der Waals surface area contributed by atoms with E-state index in [0.717, 1.165) is 37.6 Å².